The van der Waals surface area contributed by atoms with Crippen LogP contribution in [0.15, 0.2) is 23.1 Å². The van der Waals surface area contributed by atoms with Crippen LogP contribution in [0.5, 0.6) is 0 Å². The number of rotatable bonds is 2. The topological polar surface area (TPSA) is 90.7 Å². The third-order valence-electron chi connectivity index (χ3n) is 1.43. The highest BCUT2D eigenvalue weighted by Crippen LogP contribution is 2.11. The highest BCUT2D eigenvalue weighted by molar-refractivity contribution is 5.85. The van der Waals surface area contributed by atoms with Gasteiger partial charge in [0, 0.05) is 12.4 Å². The van der Waals surface area contributed by atoms with Gasteiger partial charge in [-0.15, -0.1) is 12.4 Å². The second-order valence-electron chi connectivity index (χ2n) is 2.31. The molecule has 74 valence electrons. The van der Waals surface area contributed by atoms with Crippen molar-refractivity contribution in [3.8, 4) is 11.6 Å². The summed E-state index contributed by atoms with van der Waals surface area (Å²) in [6, 6.07) is 0. The van der Waals surface area contributed by atoms with Crippen LogP contribution in [0.4, 0.5) is 0 Å². The Kier molecular flexibility index (Phi) is 3.49. The highest BCUT2D eigenvalue weighted by atomic mass is 35.5. The fourth-order valence-electron chi connectivity index (χ4n) is 0.850. The zero-order valence-corrected chi connectivity index (χ0v) is 7.94. The van der Waals surface area contributed by atoms with E-state index in [1.165, 1.54) is 0 Å². The van der Waals surface area contributed by atoms with Gasteiger partial charge in [0.15, 0.2) is 5.82 Å². The molecule has 0 atom stereocenters. The fourth-order valence-corrected chi connectivity index (χ4v) is 0.850. The molecule has 0 aliphatic carbocycles. The van der Waals surface area contributed by atoms with Crippen molar-refractivity contribution in [2.24, 2.45) is 5.73 Å². The minimum atomic E-state index is 0. The molecule has 0 aromatic carbocycles. The average molecular weight is 214 g/mol. The Bertz CT molecular complexity index is 390. The molecule has 2 aromatic heterocycles. The summed E-state index contributed by atoms with van der Waals surface area (Å²) < 4.78 is 4.90. The van der Waals surface area contributed by atoms with Crippen LogP contribution in [0.25, 0.3) is 11.6 Å². The Morgan fingerprint density at radius 2 is 2.21 bits per heavy atom. The molecule has 7 heteroatoms. The van der Waals surface area contributed by atoms with Crippen LogP contribution >= 0.6 is 12.4 Å². The Morgan fingerprint density at radius 1 is 1.36 bits per heavy atom. The molecule has 0 bridgehead atoms. The van der Waals surface area contributed by atoms with Crippen molar-refractivity contribution in [2.75, 3.05) is 0 Å². The van der Waals surface area contributed by atoms with Gasteiger partial charge in [0.25, 0.3) is 5.89 Å². The summed E-state index contributed by atoms with van der Waals surface area (Å²) in [6.45, 7) is 0.254. The molecule has 2 heterocycles. The minimum absolute atomic E-state index is 0. The van der Waals surface area contributed by atoms with Crippen LogP contribution in [0.3, 0.4) is 0 Å². The number of hydrogen-bond donors (Lipinski definition) is 1. The zero-order valence-electron chi connectivity index (χ0n) is 7.12. The summed E-state index contributed by atoms with van der Waals surface area (Å²) in [4.78, 5) is 11.9. The highest BCUT2D eigenvalue weighted by Gasteiger charge is 2.07. The van der Waals surface area contributed by atoms with E-state index >= 15 is 0 Å². The lowest BCUT2D eigenvalue weighted by molar-refractivity contribution is 0.421. The zero-order chi connectivity index (χ0) is 9.10. The molecule has 0 saturated heterocycles. The summed E-state index contributed by atoms with van der Waals surface area (Å²) in [6.07, 6.45) is 4.68. The number of aromatic nitrogens is 4. The van der Waals surface area contributed by atoms with E-state index in [0.717, 1.165) is 0 Å². The second-order valence-corrected chi connectivity index (χ2v) is 2.31. The van der Waals surface area contributed by atoms with Crippen LogP contribution in [0.1, 0.15) is 5.82 Å². The number of halogens is 1. The van der Waals surface area contributed by atoms with Gasteiger partial charge in [-0.05, 0) is 0 Å². The van der Waals surface area contributed by atoms with E-state index in [-0.39, 0.29) is 19.0 Å². The van der Waals surface area contributed by atoms with E-state index in [4.69, 9.17) is 10.3 Å². The van der Waals surface area contributed by atoms with E-state index in [1.54, 1.807) is 18.6 Å². The molecule has 2 aromatic rings. The number of nitrogens with zero attached hydrogens (tertiary/aromatic N) is 4. The van der Waals surface area contributed by atoms with Crippen molar-refractivity contribution in [3.63, 3.8) is 0 Å². The van der Waals surface area contributed by atoms with Crippen molar-refractivity contribution in [1.82, 2.24) is 20.1 Å². The molecule has 0 aliphatic heterocycles. The first kappa shape index (κ1) is 10.6. The average Bonchev–Trinajstić information content (AvgIpc) is 2.67. The smallest absolute Gasteiger partial charge is 0.278 e. The fraction of sp³-hybridized carbons (Fsp3) is 0.143. The lowest BCUT2D eigenvalue weighted by Gasteiger charge is -1.88. The molecular weight excluding hydrogens is 206 g/mol. The monoisotopic (exact) mass is 213 g/mol. The van der Waals surface area contributed by atoms with E-state index in [2.05, 4.69) is 20.1 Å². The summed E-state index contributed by atoms with van der Waals surface area (Å²) in [7, 11) is 0. The van der Waals surface area contributed by atoms with Crippen molar-refractivity contribution in [2.45, 2.75) is 6.54 Å². The van der Waals surface area contributed by atoms with Gasteiger partial charge in [0.05, 0.1) is 12.7 Å². The second kappa shape index (κ2) is 4.64. The molecule has 0 unspecified atom stereocenters. The van der Waals surface area contributed by atoms with Crippen LogP contribution < -0.4 is 5.73 Å². The molecule has 0 amide bonds. The molecule has 2 N–H and O–H groups in total. The molecule has 0 spiro atoms. The SMILES string of the molecule is Cl.NCc1noc(-c2cnccn2)n1. The Labute approximate surface area is 86.0 Å². The Morgan fingerprint density at radius 3 is 2.79 bits per heavy atom. The molecule has 0 saturated carbocycles. The summed E-state index contributed by atoms with van der Waals surface area (Å²) in [5.41, 5.74) is 5.87. The van der Waals surface area contributed by atoms with Crippen LogP contribution in [0.2, 0.25) is 0 Å². The third kappa shape index (κ3) is 2.04. The van der Waals surface area contributed by atoms with Gasteiger partial charge in [-0.25, -0.2) is 4.98 Å². The predicted octanol–water partition coefficient (Wildman–Crippen LogP) is 0.407. The summed E-state index contributed by atoms with van der Waals surface area (Å²) in [5, 5.41) is 3.63. The van der Waals surface area contributed by atoms with Crippen LogP contribution in [-0.4, -0.2) is 20.1 Å². The quantitative estimate of drug-likeness (QED) is 0.777. The molecule has 0 aliphatic rings. The Balaban J connectivity index is 0.000000980. The van der Waals surface area contributed by atoms with Gasteiger partial charge in [0.2, 0.25) is 0 Å². The van der Waals surface area contributed by atoms with Crippen molar-refractivity contribution >= 4 is 12.4 Å². The number of hydrogen-bond acceptors (Lipinski definition) is 6. The van der Waals surface area contributed by atoms with Crippen molar-refractivity contribution < 1.29 is 4.52 Å². The van der Waals surface area contributed by atoms with E-state index < -0.39 is 0 Å². The first-order valence-corrected chi connectivity index (χ1v) is 3.69. The lowest BCUT2D eigenvalue weighted by Crippen LogP contribution is -1.97. The van der Waals surface area contributed by atoms with Gasteiger partial charge < -0.3 is 10.3 Å². The maximum absolute atomic E-state index is 5.32. The normalized spacial score (nSPS) is 9.50. The molecule has 14 heavy (non-hydrogen) atoms. The minimum Gasteiger partial charge on any atom is -0.332 e. The van der Waals surface area contributed by atoms with Gasteiger partial charge >= 0.3 is 0 Å². The molecular formula is C7H8ClN5O. The largest absolute Gasteiger partial charge is 0.332 e. The van der Waals surface area contributed by atoms with Crippen LogP contribution in [-0.2, 0) is 6.54 Å². The van der Waals surface area contributed by atoms with Gasteiger partial charge in [-0.1, -0.05) is 5.16 Å². The maximum Gasteiger partial charge on any atom is 0.278 e. The number of nitrogens with two attached hydrogens (primary N) is 1. The summed E-state index contributed by atoms with van der Waals surface area (Å²) in [5.74, 6) is 0.800. The van der Waals surface area contributed by atoms with E-state index in [9.17, 15) is 0 Å². The first-order valence-electron chi connectivity index (χ1n) is 3.69. The van der Waals surface area contributed by atoms with E-state index in [0.29, 0.717) is 17.4 Å². The third-order valence-corrected chi connectivity index (χ3v) is 1.43. The molecule has 2 rings (SSSR count). The lowest BCUT2D eigenvalue weighted by atomic mass is 10.4. The van der Waals surface area contributed by atoms with Gasteiger partial charge in [0.1, 0.15) is 5.69 Å². The van der Waals surface area contributed by atoms with Crippen molar-refractivity contribution in [3.05, 3.63) is 24.4 Å². The van der Waals surface area contributed by atoms with Crippen molar-refractivity contribution in [1.29, 1.82) is 0 Å². The van der Waals surface area contributed by atoms with Crippen LogP contribution in [0, 0.1) is 0 Å². The molecule has 0 fully saturated rings. The first-order chi connectivity index (χ1) is 6.40. The van der Waals surface area contributed by atoms with Gasteiger partial charge in [-0.2, -0.15) is 4.98 Å². The molecule has 0 radical (unpaired) electrons. The van der Waals surface area contributed by atoms with E-state index in [1.807, 2.05) is 0 Å². The Hall–Kier alpha value is -1.53. The summed E-state index contributed by atoms with van der Waals surface area (Å²) >= 11 is 0. The maximum atomic E-state index is 5.32. The predicted molar refractivity (Wildman–Crippen MR) is 50.5 cm³/mol. The van der Waals surface area contributed by atoms with Gasteiger partial charge in [-0.3, -0.25) is 4.98 Å². The molecule has 6 nitrogen and oxygen atoms in total. The standard InChI is InChI=1S/C7H7N5O.ClH/c8-3-6-11-7(13-12-6)5-4-9-1-2-10-5;/h1-2,4H,3,8H2;1H.